The lowest BCUT2D eigenvalue weighted by atomic mass is 9.93. The Hall–Kier alpha value is -4.79. The molecule has 0 radical (unpaired) electrons. The number of nitrogens with zero attached hydrogens (tertiary/aromatic N) is 2. The van der Waals surface area contributed by atoms with Crippen LogP contribution in [0.1, 0.15) is 83.1 Å². The highest BCUT2D eigenvalue weighted by Crippen LogP contribution is 2.37. The SMILES string of the molecule is N#Cc1cc(COc2c(Cl)cc(CCC(=O)OC(=O)CNC(=O)c3cc(Br)c(OCc4cc(C#N)cc(NC5CCC5)c4)c(Br)c3)cc2Cl)cc(NC2CCC2)c1. The largest absolute Gasteiger partial charge is 0.487 e. The van der Waals surface area contributed by atoms with Gasteiger partial charge in [-0.15, -0.1) is 0 Å². The predicted molar refractivity (Wildman–Crippen MR) is 224 cm³/mol. The Bertz CT molecular complexity index is 2220. The van der Waals surface area contributed by atoms with Crippen molar-refractivity contribution in [2.24, 2.45) is 0 Å². The summed E-state index contributed by atoms with van der Waals surface area (Å²) in [6.07, 6.45) is 6.81. The number of rotatable bonds is 16. The smallest absolute Gasteiger partial charge is 0.333 e. The molecule has 0 heterocycles. The fraction of sp³-hybridized carbons (Fsp3) is 0.310. The summed E-state index contributed by atoms with van der Waals surface area (Å²) < 4.78 is 17.9. The Balaban J connectivity index is 0.951. The first-order valence-corrected chi connectivity index (χ1v) is 20.7. The van der Waals surface area contributed by atoms with Crippen LogP contribution in [-0.2, 0) is 34.0 Å². The van der Waals surface area contributed by atoms with Gasteiger partial charge in [0.05, 0.1) is 48.7 Å². The molecule has 4 aromatic carbocycles. The maximum absolute atomic E-state index is 12.9. The number of amides is 1. The van der Waals surface area contributed by atoms with Crippen LogP contribution in [-0.4, -0.2) is 36.5 Å². The molecule has 2 aliphatic rings. The number of hydrogen-bond donors (Lipinski definition) is 3. The van der Waals surface area contributed by atoms with Crippen LogP contribution in [0.5, 0.6) is 11.5 Å². The summed E-state index contributed by atoms with van der Waals surface area (Å²) in [6, 6.07) is 22.6. The van der Waals surface area contributed by atoms with E-state index in [2.05, 4.69) is 59.9 Å². The van der Waals surface area contributed by atoms with E-state index in [1.54, 1.807) is 36.4 Å². The maximum Gasteiger partial charge on any atom is 0.333 e. The van der Waals surface area contributed by atoms with Gasteiger partial charge >= 0.3 is 11.9 Å². The molecule has 3 N–H and O–H groups in total. The number of benzene rings is 4. The van der Waals surface area contributed by atoms with E-state index in [1.165, 1.54) is 12.8 Å². The first-order chi connectivity index (χ1) is 27.5. The number of nitrogens with one attached hydrogen (secondary N) is 3. The third-order valence-electron chi connectivity index (χ3n) is 9.52. The van der Waals surface area contributed by atoms with Gasteiger partial charge in [-0.25, -0.2) is 4.79 Å². The van der Waals surface area contributed by atoms with Crippen LogP contribution in [0.4, 0.5) is 11.4 Å². The van der Waals surface area contributed by atoms with Gasteiger partial charge in [0.25, 0.3) is 5.91 Å². The fourth-order valence-electron chi connectivity index (χ4n) is 6.17. The lowest BCUT2D eigenvalue weighted by Gasteiger charge is -2.27. The van der Waals surface area contributed by atoms with Gasteiger partial charge in [-0.05, 0) is 154 Å². The van der Waals surface area contributed by atoms with Crippen molar-refractivity contribution < 1.29 is 28.6 Å². The average Bonchev–Trinajstić information content (AvgIpc) is 3.15. The normalized spacial score (nSPS) is 13.6. The van der Waals surface area contributed by atoms with Crippen molar-refractivity contribution in [1.82, 2.24) is 5.32 Å². The Labute approximate surface area is 357 Å². The quantitative estimate of drug-likeness (QED) is 0.0729. The molecule has 1 amide bonds. The van der Waals surface area contributed by atoms with Gasteiger partial charge in [-0.2, -0.15) is 10.5 Å². The van der Waals surface area contributed by atoms with Crippen molar-refractivity contribution in [3.8, 4) is 23.6 Å². The minimum atomic E-state index is -0.927. The summed E-state index contributed by atoms with van der Waals surface area (Å²) in [4.78, 5) is 37.8. The molecule has 11 nitrogen and oxygen atoms in total. The van der Waals surface area contributed by atoms with Crippen LogP contribution in [0.2, 0.25) is 10.0 Å². The summed E-state index contributed by atoms with van der Waals surface area (Å²) in [6.45, 7) is -0.229. The standard InChI is InChI=1S/C42H37Br2Cl2N5O6/c43-34-17-29(18-35(44)40(34)55-22-27-9-25(19-47)11-32(13-27)50-30-3-1-4-30)42(54)49-21-39(53)57-38(52)8-7-24-15-36(45)41(37(46)16-24)56-23-28-10-26(20-48)12-33(14-28)51-31-5-2-6-31/h9-18,30-31,50-51H,1-8,21-23H2,(H,49,54). The van der Waals surface area contributed by atoms with E-state index < -0.39 is 24.4 Å². The molecular formula is C42H37Br2Cl2N5O6. The van der Waals surface area contributed by atoms with Crippen molar-refractivity contribution in [2.75, 3.05) is 17.2 Å². The van der Waals surface area contributed by atoms with Crippen molar-refractivity contribution in [3.05, 3.63) is 113 Å². The number of anilines is 2. The van der Waals surface area contributed by atoms with Crippen molar-refractivity contribution in [3.63, 3.8) is 0 Å². The van der Waals surface area contributed by atoms with Gasteiger partial charge in [0.1, 0.15) is 25.5 Å². The van der Waals surface area contributed by atoms with Crippen molar-refractivity contribution >= 4 is 84.3 Å². The van der Waals surface area contributed by atoms with Crippen LogP contribution < -0.4 is 25.4 Å². The number of nitriles is 2. The second-order valence-corrected chi connectivity index (χ2v) is 16.4. The first kappa shape index (κ1) is 41.8. The molecular weight excluding hydrogens is 901 g/mol. The van der Waals surface area contributed by atoms with E-state index in [0.29, 0.717) is 43.5 Å². The number of hydrogen-bond acceptors (Lipinski definition) is 10. The molecule has 15 heteroatoms. The molecule has 0 spiro atoms. The summed E-state index contributed by atoms with van der Waals surface area (Å²) in [5.41, 5.74) is 5.20. The van der Waals surface area contributed by atoms with Crippen molar-refractivity contribution in [2.45, 2.75) is 76.7 Å². The molecule has 0 unspecified atom stereocenters. The van der Waals surface area contributed by atoms with Gasteiger partial charge in [0, 0.05) is 29.0 Å². The summed E-state index contributed by atoms with van der Waals surface area (Å²) in [7, 11) is 0. The van der Waals surface area contributed by atoms with Crippen LogP contribution >= 0.6 is 55.1 Å². The van der Waals surface area contributed by atoms with Crippen LogP contribution in [0.3, 0.4) is 0 Å². The third kappa shape index (κ3) is 11.6. The molecule has 0 aliphatic heterocycles. The fourth-order valence-corrected chi connectivity index (χ4v) is 8.23. The molecule has 2 fully saturated rings. The van der Waals surface area contributed by atoms with E-state index in [9.17, 15) is 24.9 Å². The Kier molecular flexibility index (Phi) is 14.4. The number of carbonyl (C=O) groups is 3. The van der Waals surface area contributed by atoms with E-state index in [1.807, 2.05) is 24.3 Å². The molecule has 57 heavy (non-hydrogen) atoms. The molecule has 6 rings (SSSR count). The lowest BCUT2D eigenvalue weighted by Crippen LogP contribution is -2.31. The number of halogens is 4. The first-order valence-electron chi connectivity index (χ1n) is 18.3. The van der Waals surface area contributed by atoms with Gasteiger partial charge in [-0.1, -0.05) is 23.2 Å². The molecule has 2 aliphatic carbocycles. The van der Waals surface area contributed by atoms with Gasteiger partial charge in [0.15, 0.2) is 5.75 Å². The van der Waals surface area contributed by atoms with E-state index >= 15 is 0 Å². The Morgan fingerprint density at radius 3 is 1.67 bits per heavy atom. The topological polar surface area (TPSA) is 163 Å². The second-order valence-electron chi connectivity index (χ2n) is 13.9. The molecule has 0 aromatic heterocycles. The highest BCUT2D eigenvalue weighted by atomic mass is 79.9. The average molecular weight is 939 g/mol. The number of esters is 2. The van der Waals surface area contributed by atoms with Crippen LogP contribution in [0, 0.1) is 22.7 Å². The van der Waals surface area contributed by atoms with Crippen LogP contribution in [0.15, 0.2) is 69.6 Å². The van der Waals surface area contributed by atoms with Gasteiger partial charge in [0.2, 0.25) is 0 Å². The van der Waals surface area contributed by atoms with E-state index in [4.69, 9.17) is 37.4 Å². The highest BCUT2D eigenvalue weighted by Gasteiger charge is 2.20. The zero-order valence-corrected chi connectivity index (χ0v) is 35.2. The number of carbonyl (C=O) groups excluding carboxylic acids is 3. The molecule has 4 aromatic rings. The minimum Gasteiger partial charge on any atom is -0.487 e. The Morgan fingerprint density at radius 2 is 1.19 bits per heavy atom. The summed E-state index contributed by atoms with van der Waals surface area (Å²) in [5.74, 6) is -1.58. The van der Waals surface area contributed by atoms with Crippen molar-refractivity contribution in [1.29, 1.82) is 10.5 Å². The third-order valence-corrected chi connectivity index (χ3v) is 11.3. The molecule has 0 atom stereocenters. The number of ether oxygens (including phenoxy) is 3. The molecule has 2 saturated carbocycles. The van der Waals surface area contributed by atoms with E-state index in [0.717, 1.165) is 48.2 Å². The minimum absolute atomic E-state index is 0.131. The second kappa shape index (κ2) is 19.6. The zero-order valence-electron chi connectivity index (χ0n) is 30.6. The highest BCUT2D eigenvalue weighted by molar-refractivity contribution is 9.11. The summed E-state index contributed by atoms with van der Waals surface area (Å²) in [5, 5.41) is 28.8. The van der Waals surface area contributed by atoms with Crippen LogP contribution in [0.25, 0.3) is 0 Å². The van der Waals surface area contributed by atoms with Gasteiger partial charge in [-0.3, -0.25) is 9.59 Å². The molecule has 0 saturated heterocycles. The number of aryl methyl sites for hydroxylation is 1. The molecule has 0 bridgehead atoms. The van der Waals surface area contributed by atoms with E-state index in [-0.39, 0.29) is 47.4 Å². The predicted octanol–water partition coefficient (Wildman–Crippen LogP) is 9.78. The Morgan fingerprint density at radius 1 is 0.684 bits per heavy atom. The summed E-state index contributed by atoms with van der Waals surface area (Å²) >= 11 is 19.9. The maximum atomic E-state index is 12.9. The lowest BCUT2D eigenvalue weighted by molar-refractivity contribution is -0.158. The van der Waals surface area contributed by atoms with Gasteiger partial charge < -0.3 is 30.2 Å². The zero-order chi connectivity index (χ0) is 40.5. The monoisotopic (exact) mass is 935 g/mol. The molecule has 294 valence electrons.